The Morgan fingerprint density at radius 3 is 2.42 bits per heavy atom. The standard InChI is InChI=1S/C26H32N4O3/c1-19(27-26(32)20-11-13-21(33-2)14-12-20)25-28-22-9-5-6-10-23(22)30(25)18-15-24(31)29-16-7-3-4-8-17-29/h5-6,9-14,19H,3-4,7-8,15-18H2,1-2H3,(H,27,32). The average molecular weight is 449 g/mol. The van der Waals surface area contributed by atoms with Gasteiger partial charge >= 0.3 is 0 Å². The molecule has 3 aromatic rings. The van der Waals surface area contributed by atoms with Gasteiger partial charge in [0.2, 0.25) is 5.91 Å². The molecule has 0 spiro atoms. The number of ether oxygens (including phenoxy) is 1. The topological polar surface area (TPSA) is 76.5 Å². The quantitative estimate of drug-likeness (QED) is 0.584. The Balaban J connectivity index is 1.51. The van der Waals surface area contributed by atoms with Crippen LogP contribution in [0.3, 0.4) is 0 Å². The molecule has 7 heteroatoms. The van der Waals surface area contributed by atoms with Crippen LogP contribution in [0.2, 0.25) is 0 Å². The molecule has 1 aliphatic heterocycles. The number of imidazole rings is 1. The molecule has 1 unspecified atom stereocenters. The number of aryl methyl sites for hydroxylation is 1. The van der Waals surface area contributed by atoms with Crippen molar-refractivity contribution < 1.29 is 14.3 Å². The smallest absolute Gasteiger partial charge is 0.251 e. The number of methoxy groups -OCH3 is 1. The van der Waals surface area contributed by atoms with E-state index in [1.807, 2.05) is 36.1 Å². The number of likely N-dealkylation sites (tertiary alicyclic amines) is 1. The van der Waals surface area contributed by atoms with Crippen LogP contribution >= 0.6 is 0 Å². The average Bonchev–Trinajstić information content (AvgIpc) is 3.00. The predicted octanol–water partition coefficient (Wildman–Crippen LogP) is 4.33. The van der Waals surface area contributed by atoms with Crippen LogP contribution in [0.4, 0.5) is 0 Å². The van der Waals surface area contributed by atoms with E-state index in [1.165, 1.54) is 12.8 Å². The molecule has 0 aliphatic carbocycles. The number of nitrogens with one attached hydrogen (secondary N) is 1. The van der Waals surface area contributed by atoms with Crippen LogP contribution in [-0.4, -0.2) is 46.5 Å². The third kappa shape index (κ3) is 5.35. The summed E-state index contributed by atoms with van der Waals surface area (Å²) >= 11 is 0. The van der Waals surface area contributed by atoms with Crippen molar-refractivity contribution in [1.29, 1.82) is 0 Å². The first-order chi connectivity index (χ1) is 16.1. The maximum atomic E-state index is 12.9. The Morgan fingerprint density at radius 1 is 1.03 bits per heavy atom. The normalized spacial score (nSPS) is 15.2. The number of nitrogens with zero attached hydrogens (tertiary/aromatic N) is 3. The van der Waals surface area contributed by atoms with E-state index in [-0.39, 0.29) is 17.9 Å². The summed E-state index contributed by atoms with van der Waals surface area (Å²) in [5, 5.41) is 3.05. The summed E-state index contributed by atoms with van der Waals surface area (Å²) < 4.78 is 7.24. The first-order valence-electron chi connectivity index (χ1n) is 11.7. The van der Waals surface area contributed by atoms with E-state index in [2.05, 4.69) is 9.88 Å². The van der Waals surface area contributed by atoms with E-state index in [0.717, 1.165) is 42.8 Å². The van der Waals surface area contributed by atoms with E-state index < -0.39 is 0 Å². The fourth-order valence-corrected chi connectivity index (χ4v) is 4.43. The number of carbonyl (C=O) groups is 2. The van der Waals surface area contributed by atoms with Gasteiger partial charge in [-0.05, 0) is 56.2 Å². The van der Waals surface area contributed by atoms with Gasteiger partial charge < -0.3 is 19.5 Å². The molecule has 0 radical (unpaired) electrons. The van der Waals surface area contributed by atoms with Crippen molar-refractivity contribution in [3.05, 3.63) is 59.9 Å². The van der Waals surface area contributed by atoms with Gasteiger partial charge in [0.05, 0.1) is 24.2 Å². The molecule has 7 nitrogen and oxygen atoms in total. The highest BCUT2D eigenvalue weighted by molar-refractivity contribution is 5.94. The van der Waals surface area contributed by atoms with Crippen molar-refractivity contribution in [3.63, 3.8) is 0 Å². The zero-order valence-corrected chi connectivity index (χ0v) is 19.4. The van der Waals surface area contributed by atoms with Gasteiger partial charge in [-0.1, -0.05) is 25.0 Å². The second-order valence-electron chi connectivity index (χ2n) is 8.58. The Hall–Kier alpha value is -3.35. The van der Waals surface area contributed by atoms with Crippen molar-refractivity contribution in [2.45, 2.75) is 51.6 Å². The van der Waals surface area contributed by atoms with Crippen LogP contribution in [0.5, 0.6) is 5.75 Å². The van der Waals surface area contributed by atoms with Gasteiger partial charge in [-0.3, -0.25) is 9.59 Å². The second-order valence-corrected chi connectivity index (χ2v) is 8.58. The van der Waals surface area contributed by atoms with Crippen LogP contribution in [-0.2, 0) is 11.3 Å². The van der Waals surface area contributed by atoms with Crippen molar-refractivity contribution in [2.75, 3.05) is 20.2 Å². The number of fused-ring (bicyclic) bond motifs is 1. The molecule has 174 valence electrons. The summed E-state index contributed by atoms with van der Waals surface area (Å²) in [6.45, 7) is 4.17. The largest absolute Gasteiger partial charge is 0.497 e. The number of hydrogen-bond acceptors (Lipinski definition) is 4. The molecule has 1 aliphatic rings. The zero-order chi connectivity index (χ0) is 23.2. The highest BCUT2D eigenvalue weighted by atomic mass is 16.5. The number of para-hydroxylation sites is 2. The summed E-state index contributed by atoms with van der Waals surface area (Å²) in [5.74, 6) is 1.47. The molecular weight excluding hydrogens is 416 g/mol. The summed E-state index contributed by atoms with van der Waals surface area (Å²) in [6.07, 6.45) is 4.99. The van der Waals surface area contributed by atoms with E-state index in [9.17, 15) is 9.59 Å². The summed E-state index contributed by atoms with van der Waals surface area (Å²) in [6, 6.07) is 14.6. The molecule has 2 heterocycles. The molecule has 0 bridgehead atoms. The molecular formula is C26H32N4O3. The van der Waals surface area contributed by atoms with Gasteiger partial charge in [0.15, 0.2) is 0 Å². The van der Waals surface area contributed by atoms with Crippen LogP contribution in [0.25, 0.3) is 11.0 Å². The predicted molar refractivity (Wildman–Crippen MR) is 128 cm³/mol. The third-order valence-corrected chi connectivity index (χ3v) is 6.28. The second kappa shape index (κ2) is 10.5. The lowest BCUT2D eigenvalue weighted by Crippen LogP contribution is -2.33. The van der Waals surface area contributed by atoms with Gasteiger partial charge in [-0.2, -0.15) is 0 Å². The summed E-state index contributed by atoms with van der Waals surface area (Å²) in [4.78, 5) is 32.5. The first-order valence-corrected chi connectivity index (χ1v) is 11.7. The molecule has 2 aromatic carbocycles. The molecule has 2 amide bonds. The number of hydrogen-bond donors (Lipinski definition) is 1. The van der Waals surface area contributed by atoms with Crippen molar-refractivity contribution in [2.24, 2.45) is 0 Å². The van der Waals surface area contributed by atoms with Crippen LogP contribution < -0.4 is 10.1 Å². The monoisotopic (exact) mass is 448 g/mol. The lowest BCUT2D eigenvalue weighted by atomic mass is 10.2. The summed E-state index contributed by atoms with van der Waals surface area (Å²) in [5.41, 5.74) is 2.39. The fraction of sp³-hybridized carbons (Fsp3) is 0.423. The minimum absolute atomic E-state index is 0.176. The highest BCUT2D eigenvalue weighted by Crippen LogP contribution is 2.22. The molecule has 1 atom stereocenters. The van der Waals surface area contributed by atoms with Gasteiger partial charge in [0, 0.05) is 31.6 Å². The number of carbonyl (C=O) groups excluding carboxylic acids is 2. The minimum atomic E-state index is -0.319. The highest BCUT2D eigenvalue weighted by Gasteiger charge is 2.21. The maximum Gasteiger partial charge on any atom is 0.251 e. The van der Waals surface area contributed by atoms with Crippen molar-refractivity contribution in [3.8, 4) is 5.75 Å². The number of aromatic nitrogens is 2. The van der Waals surface area contributed by atoms with Gasteiger partial charge in [0.25, 0.3) is 5.91 Å². The Labute approximate surface area is 194 Å². The van der Waals surface area contributed by atoms with Crippen LogP contribution in [0.1, 0.15) is 61.3 Å². The van der Waals surface area contributed by atoms with E-state index in [1.54, 1.807) is 31.4 Å². The van der Waals surface area contributed by atoms with Gasteiger partial charge in [-0.25, -0.2) is 4.98 Å². The van der Waals surface area contributed by atoms with Crippen molar-refractivity contribution in [1.82, 2.24) is 19.8 Å². The SMILES string of the molecule is COc1ccc(C(=O)NC(C)c2nc3ccccc3n2CCC(=O)N2CCCCCC2)cc1. The lowest BCUT2D eigenvalue weighted by molar-refractivity contribution is -0.131. The molecule has 4 rings (SSSR count). The molecule has 1 N–H and O–H groups in total. The third-order valence-electron chi connectivity index (χ3n) is 6.28. The minimum Gasteiger partial charge on any atom is -0.497 e. The van der Waals surface area contributed by atoms with E-state index in [4.69, 9.17) is 9.72 Å². The Morgan fingerprint density at radius 2 is 1.73 bits per heavy atom. The Bertz CT molecular complexity index is 1100. The number of rotatable bonds is 7. The van der Waals surface area contributed by atoms with Gasteiger partial charge in [-0.15, -0.1) is 0 Å². The molecule has 1 fully saturated rings. The number of benzene rings is 2. The Kier molecular flexibility index (Phi) is 7.27. The maximum absolute atomic E-state index is 12.9. The fourth-order valence-electron chi connectivity index (χ4n) is 4.43. The van der Waals surface area contributed by atoms with E-state index in [0.29, 0.717) is 24.3 Å². The lowest BCUT2D eigenvalue weighted by Gasteiger charge is -2.21. The van der Waals surface area contributed by atoms with Crippen LogP contribution in [0.15, 0.2) is 48.5 Å². The first kappa shape index (κ1) is 22.8. The van der Waals surface area contributed by atoms with Crippen LogP contribution in [0, 0.1) is 0 Å². The van der Waals surface area contributed by atoms with Crippen molar-refractivity contribution >= 4 is 22.8 Å². The zero-order valence-electron chi connectivity index (χ0n) is 19.4. The van der Waals surface area contributed by atoms with E-state index >= 15 is 0 Å². The van der Waals surface area contributed by atoms with Gasteiger partial charge in [0.1, 0.15) is 11.6 Å². The number of amides is 2. The summed E-state index contributed by atoms with van der Waals surface area (Å²) in [7, 11) is 1.60. The molecule has 1 aromatic heterocycles. The molecule has 33 heavy (non-hydrogen) atoms. The molecule has 1 saturated heterocycles. The molecule has 0 saturated carbocycles.